The smallest absolute Gasteiger partial charge is 0.114 e. The van der Waals surface area contributed by atoms with Crippen molar-refractivity contribution in [2.45, 2.75) is 32.2 Å². The van der Waals surface area contributed by atoms with Gasteiger partial charge in [-0.1, -0.05) is 74.0 Å². The summed E-state index contributed by atoms with van der Waals surface area (Å²) >= 11 is 0. The number of nitrogens with zero attached hydrogens (tertiary/aromatic N) is 1. The molecular formula is C20H28N+. The second-order valence-corrected chi connectivity index (χ2v) is 6.45. The van der Waals surface area contributed by atoms with Gasteiger partial charge in [-0.2, -0.15) is 0 Å². The van der Waals surface area contributed by atoms with Crippen LogP contribution in [0.5, 0.6) is 0 Å². The van der Waals surface area contributed by atoms with Gasteiger partial charge < -0.3 is 4.48 Å². The lowest BCUT2D eigenvalue weighted by Crippen LogP contribution is -2.44. The Kier molecular flexibility index (Phi) is 5.58. The van der Waals surface area contributed by atoms with Crippen molar-refractivity contribution in [1.29, 1.82) is 0 Å². The van der Waals surface area contributed by atoms with Crippen molar-refractivity contribution < 1.29 is 4.48 Å². The largest absolute Gasteiger partial charge is 0.322 e. The summed E-state index contributed by atoms with van der Waals surface area (Å²) in [6, 6.07) is 22.4. The zero-order valence-electron chi connectivity index (χ0n) is 13.6. The first-order chi connectivity index (χ1) is 10.1. The summed E-state index contributed by atoms with van der Waals surface area (Å²) in [7, 11) is 4.74. The van der Waals surface area contributed by atoms with E-state index in [-0.39, 0.29) is 0 Å². The summed E-state index contributed by atoms with van der Waals surface area (Å²) in [5.74, 6) is 0. The van der Waals surface area contributed by atoms with Gasteiger partial charge >= 0.3 is 0 Å². The SMILES string of the molecule is CCCC(c1ccccc1)[N+](C)(C)CCc1ccccc1. The zero-order valence-corrected chi connectivity index (χ0v) is 13.6. The van der Waals surface area contributed by atoms with Crippen molar-refractivity contribution in [1.82, 2.24) is 0 Å². The minimum absolute atomic E-state index is 0.583. The van der Waals surface area contributed by atoms with Gasteiger partial charge in [0, 0.05) is 18.4 Å². The molecule has 0 aliphatic rings. The zero-order chi connectivity index (χ0) is 15.1. The van der Waals surface area contributed by atoms with Crippen LogP contribution in [0.25, 0.3) is 0 Å². The third-order valence-electron chi connectivity index (χ3n) is 4.41. The monoisotopic (exact) mass is 282 g/mol. The van der Waals surface area contributed by atoms with Gasteiger partial charge in [0.2, 0.25) is 0 Å². The second-order valence-electron chi connectivity index (χ2n) is 6.45. The van der Waals surface area contributed by atoms with E-state index >= 15 is 0 Å². The van der Waals surface area contributed by atoms with Crippen molar-refractivity contribution in [2.75, 3.05) is 20.6 Å². The van der Waals surface area contributed by atoms with Crippen LogP contribution in [0.2, 0.25) is 0 Å². The van der Waals surface area contributed by atoms with E-state index in [1.54, 1.807) is 0 Å². The molecule has 0 fully saturated rings. The molecule has 1 unspecified atom stereocenters. The maximum atomic E-state index is 2.37. The van der Waals surface area contributed by atoms with Crippen molar-refractivity contribution in [3.8, 4) is 0 Å². The molecule has 0 saturated carbocycles. The number of benzene rings is 2. The third kappa shape index (κ3) is 4.44. The summed E-state index contributed by atoms with van der Waals surface area (Å²) in [6.45, 7) is 3.46. The van der Waals surface area contributed by atoms with E-state index in [1.165, 1.54) is 30.5 Å². The van der Waals surface area contributed by atoms with Gasteiger partial charge in [-0.25, -0.2) is 0 Å². The summed E-state index contributed by atoms with van der Waals surface area (Å²) in [5, 5.41) is 0. The molecule has 2 rings (SSSR count). The highest BCUT2D eigenvalue weighted by atomic mass is 15.3. The van der Waals surface area contributed by atoms with E-state index in [1.807, 2.05) is 0 Å². The van der Waals surface area contributed by atoms with Gasteiger partial charge in [-0.15, -0.1) is 0 Å². The van der Waals surface area contributed by atoms with E-state index < -0.39 is 0 Å². The molecule has 21 heavy (non-hydrogen) atoms. The van der Waals surface area contributed by atoms with Crippen LogP contribution in [-0.4, -0.2) is 25.1 Å². The fourth-order valence-electron chi connectivity index (χ4n) is 3.09. The molecule has 1 heteroatoms. The van der Waals surface area contributed by atoms with Crippen LogP contribution in [0.3, 0.4) is 0 Å². The Bertz CT molecular complexity index is 516. The van der Waals surface area contributed by atoms with Crippen molar-refractivity contribution in [3.63, 3.8) is 0 Å². The van der Waals surface area contributed by atoms with Crippen molar-refractivity contribution in [2.24, 2.45) is 0 Å². The van der Waals surface area contributed by atoms with Crippen LogP contribution in [0.15, 0.2) is 60.7 Å². The average molecular weight is 282 g/mol. The lowest BCUT2D eigenvalue weighted by molar-refractivity contribution is -0.921. The maximum absolute atomic E-state index is 2.37. The Balaban J connectivity index is 2.10. The lowest BCUT2D eigenvalue weighted by Gasteiger charge is -2.38. The minimum Gasteiger partial charge on any atom is -0.322 e. The first kappa shape index (κ1) is 15.8. The Morgan fingerprint density at radius 1 is 0.857 bits per heavy atom. The molecule has 112 valence electrons. The molecule has 0 saturated heterocycles. The molecule has 0 radical (unpaired) electrons. The Labute approximate surface area is 129 Å². The van der Waals surface area contributed by atoms with Gasteiger partial charge in [-0.05, 0) is 5.56 Å². The van der Waals surface area contributed by atoms with Gasteiger partial charge in [-0.3, -0.25) is 0 Å². The van der Waals surface area contributed by atoms with Crippen LogP contribution in [0.4, 0.5) is 0 Å². The first-order valence-corrected chi connectivity index (χ1v) is 8.05. The number of rotatable bonds is 7. The first-order valence-electron chi connectivity index (χ1n) is 8.05. The second kappa shape index (κ2) is 7.42. The highest BCUT2D eigenvalue weighted by Gasteiger charge is 2.28. The van der Waals surface area contributed by atoms with E-state index in [0.717, 1.165) is 10.9 Å². The number of quaternary nitrogens is 1. The predicted octanol–water partition coefficient (Wildman–Crippen LogP) is 4.85. The topological polar surface area (TPSA) is 0 Å². The van der Waals surface area contributed by atoms with Crippen LogP contribution in [-0.2, 0) is 6.42 Å². The van der Waals surface area contributed by atoms with E-state index in [0.29, 0.717) is 6.04 Å². The highest BCUT2D eigenvalue weighted by Crippen LogP contribution is 2.29. The molecule has 2 aromatic rings. The molecule has 0 aliphatic carbocycles. The Hall–Kier alpha value is -1.60. The molecule has 2 aromatic carbocycles. The van der Waals surface area contributed by atoms with E-state index in [4.69, 9.17) is 0 Å². The fraction of sp³-hybridized carbons (Fsp3) is 0.400. The average Bonchev–Trinajstić information content (AvgIpc) is 2.52. The number of hydrogen-bond acceptors (Lipinski definition) is 0. The molecule has 0 aliphatic heterocycles. The van der Waals surface area contributed by atoms with E-state index in [9.17, 15) is 0 Å². The number of likely N-dealkylation sites (N-methyl/N-ethyl adjacent to an activating group) is 1. The minimum atomic E-state index is 0.583. The van der Waals surface area contributed by atoms with Crippen LogP contribution in [0, 0.1) is 0 Å². The molecule has 0 bridgehead atoms. The molecule has 0 N–H and O–H groups in total. The van der Waals surface area contributed by atoms with Gasteiger partial charge in [0.05, 0.1) is 20.6 Å². The van der Waals surface area contributed by atoms with Crippen LogP contribution < -0.4 is 0 Å². The van der Waals surface area contributed by atoms with Crippen molar-refractivity contribution in [3.05, 3.63) is 71.8 Å². The van der Waals surface area contributed by atoms with Gasteiger partial charge in [0.1, 0.15) is 6.04 Å². The quantitative estimate of drug-likeness (QED) is 0.637. The predicted molar refractivity (Wildman–Crippen MR) is 91.2 cm³/mol. The normalized spacial score (nSPS) is 13.1. The van der Waals surface area contributed by atoms with Gasteiger partial charge in [0.25, 0.3) is 0 Å². The molecule has 0 spiro atoms. The summed E-state index contributed by atoms with van der Waals surface area (Å²) in [4.78, 5) is 0. The molecule has 0 heterocycles. The van der Waals surface area contributed by atoms with Crippen molar-refractivity contribution >= 4 is 0 Å². The van der Waals surface area contributed by atoms with E-state index in [2.05, 4.69) is 81.7 Å². The Morgan fingerprint density at radius 2 is 1.43 bits per heavy atom. The lowest BCUT2D eigenvalue weighted by atomic mass is 9.98. The molecule has 0 aromatic heterocycles. The summed E-state index contributed by atoms with van der Waals surface area (Å²) in [6.07, 6.45) is 3.61. The standard InChI is InChI=1S/C20H28N/c1-4-11-20(19-14-9-6-10-15-19)21(2,3)17-16-18-12-7-5-8-13-18/h5-10,12-15,20H,4,11,16-17H2,1-3H3/q+1. The van der Waals surface area contributed by atoms with Crippen LogP contribution in [0.1, 0.15) is 36.9 Å². The highest BCUT2D eigenvalue weighted by molar-refractivity contribution is 5.18. The summed E-state index contributed by atoms with van der Waals surface area (Å²) < 4.78 is 1.05. The Morgan fingerprint density at radius 3 is 2.00 bits per heavy atom. The third-order valence-corrected chi connectivity index (χ3v) is 4.41. The fourth-order valence-corrected chi connectivity index (χ4v) is 3.09. The molecule has 1 atom stereocenters. The molecular weight excluding hydrogens is 254 g/mol. The molecule has 1 nitrogen and oxygen atoms in total. The molecule has 0 amide bonds. The maximum Gasteiger partial charge on any atom is 0.114 e. The van der Waals surface area contributed by atoms with Gasteiger partial charge in [0.15, 0.2) is 0 Å². The van der Waals surface area contributed by atoms with Crippen LogP contribution >= 0.6 is 0 Å². The summed E-state index contributed by atoms with van der Waals surface area (Å²) in [5.41, 5.74) is 2.91. The number of hydrogen-bond donors (Lipinski definition) is 0.